The van der Waals surface area contributed by atoms with Crippen LogP contribution in [-0.2, 0) is 4.74 Å². The van der Waals surface area contributed by atoms with E-state index in [4.69, 9.17) is 4.74 Å². The van der Waals surface area contributed by atoms with Gasteiger partial charge < -0.3 is 15.0 Å². The van der Waals surface area contributed by atoms with Crippen molar-refractivity contribution < 1.29 is 14.3 Å². The first-order valence-electron chi connectivity index (χ1n) is 8.36. The van der Waals surface area contributed by atoms with Crippen LogP contribution < -0.4 is 5.32 Å². The van der Waals surface area contributed by atoms with E-state index in [2.05, 4.69) is 10.3 Å². The van der Waals surface area contributed by atoms with Crippen LogP contribution in [-0.4, -0.2) is 48.0 Å². The molecule has 1 aliphatic heterocycles. The molecular weight excluding hydrogens is 338 g/mol. The largest absolute Gasteiger partial charge is 0.378 e. The van der Waals surface area contributed by atoms with Gasteiger partial charge in [0.05, 0.1) is 19.3 Å². The van der Waals surface area contributed by atoms with Crippen molar-refractivity contribution in [3.63, 3.8) is 0 Å². The van der Waals surface area contributed by atoms with Crippen LogP contribution in [0.4, 0.5) is 0 Å². The summed E-state index contributed by atoms with van der Waals surface area (Å²) in [6, 6.07) is 6.70. The Hall–Kier alpha value is -2.25. The fraction of sp³-hybridized carbons (Fsp3) is 0.389. The zero-order valence-corrected chi connectivity index (χ0v) is 14.9. The van der Waals surface area contributed by atoms with E-state index in [0.29, 0.717) is 37.4 Å². The van der Waals surface area contributed by atoms with Crippen LogP contribution >= 0.6 is 11.3 Å². The third kappa shape index (κ3) is 4.24. The molecule has 1 fully saturated rings. The molecule has 6 nitrogen and oxygen atoms in total. The van der Waals surface area contributed by atoms with Gasteiger partial charge in [-0.2, -0.15) is 0 Å². The first kappa shape index (κ1) is 17.6. The molecule has 3 rings (SSSR count). The molecule has 1 N–H and O–H groups in total. The highest BCUT2D eigenvalue weighted by atomic mass is 32.1. The van der Waals surface area contributed by atoms with Gasteiger partial charge in [-0.1, -0.05) is 6.92 Å². The van der Waals surface area contributed by atoms with E-state index in [-0.39, 0.29) is 17.9 Å². The second-order valence-electron chi connectivity index (χ2n) is 5.79. The summed E-state index contributed by atoms with van der Waals surface area (Å²) in [5, 5.41) is 5.79. The molecule has 1 saturated heterocycles. The number of benzene rings is 1. The lowest BCUT2D eigenvalue weighted by Crippen LogP contribution is -2.40. The van der Waals surface area contributed by atoms with E-state index in [0.717, 1.165) is 11.4 Å². The Morgan fingerprint density at radius 1 is 1.24 bits per heavy atom. The number of morpholine rings is 1. The summed E-state index contributed by atoms with van der Waals surface area (Å²) in [5.74, 6) is -0.183. The summed E-state index contributed by atoms with van der Waals surface area (Å²) in [5.41, 5.74) is 1.12. The summed E-state index contributed by atoms with van der Waals surface area (Å²) in [7, 11) is 0. The first-order chi connectivity index (χ1) is 12.2. The normalized spacial score (nSPS) is 15.6. The number of rotatable bonds is 5. The van der Waals surface area contributed by atoms with Crippen molar-refractivity contribution in [3.05, 3.63) is 52.0 Å². The number of hydrogen-bond donors (Lipinski definition) is 1. The maximum absolute atomic E-state index is 12.4. The summed E-state index contributed by atoms with van der Waals surface area (Å²) in [4.78, 5) is 30.9. The number of carbonyl (C=O) groups is 2. The number of ether oxygens (including phenoxy) is 1. The lowest BCUT2D eigenvalue weighted by molar-refractivity contribution is 0.0303. The summed E-state index contributed by atoms with van der Waals surface area (Å²) in [6.07, 6.45) is 2.51. The number of nitrogens with zero attached hydrogens (tertiary/aromatic N) is 2. The minimum Gasteiger partial charge on any atom is -0.378 e. The van der Waals surface area contributed by atoms with Crippen LogP contribution in [0, 0.1) is 0 Å². The van der Waals surface area contributed by atoms with Crippen LogP contribution in [0.15, 0.2) is 35.8 Å². The van der Waals surface area contributed by atoms with Crippen molar-refractivity contribution in [2.24, 2.45) is 0 Å². The minimum atomic E-state index is -0.160. The minimum absolute atomic E-state index is 0.0236. The van der Waals surface area contributed by atoms with E-state index in [1.807, 2.05) is 12.3 Å². The van der Waals surface area contributed by atoms with E-state index in [9.17, 15) is 9.59 Å². The highest BCUT2D eigenvalue weighted by Crippen LogP contribution is 2.19. The Morgan fingerprint density at radius 2 is 1.92 bits per heavy atom. The van der Waals surface area contributed by atoms with E-state index in [1.54, 1.807) is 35.4 Å². The van der Waals surface area contributed by atoms with E-state index < -0.39 is 0 Å². The Morgan fingerprint density at radius 3 is 2.52 bits per heavy atom. The molecule has 0 bridgehead atoms. The van der Waals surface area contributed by atoms with Gasteiger partial charge >= 0.3 is 0 Å². The maximum atomic E-state index is 12.4. The van der Waals surface area contributed by atoms with Crippen molar-refractivity contribution in [1.29, 1.82) is 0 Å². The molecule has 2 amide bonds. The van der Waals surface area contributed by atoms with Gasteiger partial charge in [0.2, 0.25) is 0 Å². The zero-order valence-electron chi connectivity index (χ0n) is 14.1. The lowest BCUT2D eigenvalue weighted by atomic mass is 10.1. The second kappa shape index (κ2) is 8.22. The Bertz CT molecular complexity index is 710. The number of carbonyl (C=O) groups excluding carboxylic acids is 2. The van der Waals surface area contributed by atoms with Gasteiger partial charge in [-0.3, -0.25) is 9.59 Å². The van der Waals surface area contributed by atoms with E-state index >= 15 is 0 Å². The van der Waals surface area contributed by atoms with Crippen molar-refractivity contribution >= 4 is 23.2 Å². The molecule has 0 radical (unpaired) electrons. The molecule has 1 aliphatic rings. The van der Waals surface area contributed by atoms with Gasteiger partial charge in [0.15, 0.2) is 0 Å². The number of nitrogens with one attached hydrogen (secondary N) is 1. The molecule has 7 heteroatoms. The zero-order chi connectivity index (χ0) is 17.6. The number of thiazole rings is 1. The molecule has 2 aromatic rings. The quantitative estimate of drug-likeness (QED) is 0.890. The fourth-order valence-corrected chi connectivity index (χ4v) is 3.47. The summed E-state index contributed by atoms with van der Waals surface area (Å²) < 4.78 is 5.26. The molecular formula is C18H21N3O3S. The van der Waals surface area contributed by atoms with Gasteiger partial charge in [0, 0.05) is 35.8 Å². The van der Waals surface area contributed by atoms with Crippen molar-refractivity contribution in [1.82, 2.24) is 15.2 Å². The average molecular weight is 359 g/mol. The Kier molecular flexibility index (Phi) is 5.78. The molecule has 1 aromatic carbocycles. The van der Waals surface area contributed by atoms with Gasteiger partial charge in [0.1, 0.15) is 5.01 Å². The highest BCUT2D eigenvalue weighted by molar-refractivity contribution is 7.09. The van der Waals surface area contributed by atoms with Crippen LogP contribution in [0.25, 0.3) is 0 Å². The Labute approximate surface area is 150 Å². The van der Waals surface area contributed by atoms with Gasteiger partial charge in [-0.15, -0.1) is 11.3 Å². The molecule has 25 heavy (non-hydrogen) atoms. The number of aromatic nitrogens is 1. The molecule has 0 saturated carbocycles. The molecule has 132 valence electrons. The third-order valence-corrected chi connectivity index (χ3v) is 5.04. The molecule has 1 aromatic heterocycles. The molecule has 1 atom stereocenters. The second-order valence-corrected chi connectivity index (χ2v) is 6.71. The first-order valence-corrected chi connectivity index (χ1v) is 9.24. The molecule has 0 spiro atoms. The SMILES string of the molecule is CC[C@@H](NC(=O)c1ccc(C(=O)N2CCOCC2)cc1)c1nccs1. The van der Waals surface area contributed by atoms with Crippen molar-refractivity contribution in [2.75, 3.05) is 26.3 Å². The predicted molar refractivity (Wildman–Crippen MR) is 95.8 cm³/mol. The van der Waals surface area contributed by atoms with Crippen LogP contribution in [0.3, 0.4) is 0 Å². The third-order valence-electron chi connectivity index (χ3n) is 4.16. The Balaban J connectivity index is 1.65. The lowest BCUT2D eigenvalue weighted by Gasteiger charge is -2.26. The van der Waals surface area contributed by atoms with Gasteiger partial charge in [-0.05, 0) is 30.7 Å². The van der Waals surface area contributed by atoms with Crippen molar-refractivity contribution in [2.45, 2.75) is 19.4 Å². The predicted octanol–water partition coefficient (Wildman–Crippen LogP) is 2.50. The molecule has 0 aliphatic carbocycles. The standard InChI is InChI=1S/C18H21N3O3S/c1-2-15(17-19-7-12-25-17)20-16(22)13-3-5-14(6-4-13)18(23)21-8-10-24-11-9-21/h3-7,12,15H,2,8-11H2,1H3,(H,20,22)/t15-/m1/s1. The highest BCUT2D eigenvalue weighted by Gasteiger charge is 2.20. The molecule has 2 heterocycles. The monoisotopic (exact) mass is 359 g/mol. The smallest absolute Gasteiger partial charge is 0.254 e. The average Bonchev–Trinajstić information content (AvgIpc) is 3.20. The van der Waals surface area contributed by atoms with Crippen molar-refractivity contribution in [3.8, 4) is 0 Å². The number of amides is 2. The van der Waals surface area contributed by atoms with Crippen LogP contribution in [0.2, 0.25) is 0 Å². The van der Waals surface area contributed by atoms with E-state index in [1.165, 1.54) is 11.3 Å². The summed E-state index contributed by atoms with van der Waals surface area (Å²) >= 11 is 1.53. The van der Waals surface area contributed by atoms with Crippen LogP contribution in [0.1, 0.15) is 45.1 Å². The van der Waals surface area contributed by atoms with Crippen LogP contribution in [0.5, 0.6) is 0 Å². The molecule has 0 unspecified atom stereocenters. The number of hydrogen-bond acceptors (Lipinski definition) is 5. The fourth-order valence-electron chi connectivity index (χ4n) is 2.70. The van der Waals surface area contributed by atoms with Gasteiger partial charge in [-0.25, -0.2) is 4.98 Å². The topological polar surface area (TPSA) is 71.5 Å². The summed E-state index contributed by atoms with van der Waals surface area (Å²) in [6.45, 7) is 4.36. The van der Waals surface area contributed by atoms with Gasteiger partial charge in [0.25, 0.3) is 11.8 Å². The maximum Gasteiger partial charge on any atom is 0.254 e.